The monoisotopic (exact) mass is 417 g/mol. The molecule has 1 aromatic carbocycles. The zero-order valence-corrected chi connectivity index (χ0v) is 19.1. The van der Waals surface area contributed by atoms with Crippen molar-refractivity contribution in [3.63, 3.8) is 0 Å². The minimum absolute atomic E-state index is 0.117. The maximum absolute atomic E-state index is 13.4. The summed E-state index contributed by atoms with van der Waals surface area (Å²) in [5, 5.41) is 0. The molecule has 1 saturated heterocycles. The van der Waals surface area contributed by atoms with Gasteiger partial charge in [-0.15, -0.1) is 0 Å². The highest BCUT2D eigenvalue weighted by Gasteiger charge is 2.41. The van der Waals surface area contributed by atoms with E-state index >= 15 is 0 Å². The van der Waals surface area contributed by atoms with E-state index in [1.54, 1.807) is 0 Å². The summed E-state index contributed by atoms with van der Waals surface area (Å²) in [6.45, 7) is 8.33. The number of cyclic esters (lactones) is 1. The lowest BCUT2D eigenvalue weighted by atomic mass is 9.78. The number of rotatable bonds is 10. The minimum Gasteiger partial charge on any atom is -0.447 e. The van der Waals surface area contributed by atoms with Gasteiger partial charge in [0.05, 0.1) is 18.6 Å². The molecule has 0 spiro atoms. The Bertz CT molecular complexity index is 684. The normalized spacial score (nSPS) is 21.0. The molecule has 0 radical (unpaired) electrons. The summed E-state index contributed by atoms with van der Waals surface area (Å²) in [5.74, 6) is 0.204. The lowest BCUT2D eigenvalue weighted by Crippen LogP contribution is -2.45. The predicted octanol–water partition coefficient (Wildman–Crippen LogP) is 4.74. The maximum atomic E-state index is 13.4. The number of carbonyl (C=O) groups excluding carboxylic acids is 2. The van der Waals surface area contributed by atoms with E-state index in [0.29, 0.717) is 25.6 Å². The van der Waals surface area contributed by atoms with Crippen molar-refractivity contribution >= 4 is 20.1 Å². The van der Waals surface area contributed by atoms with Gasteiger partial charge < -0.3 is 9.47 Å². The Morgan fingerprint density at radius 3 is 2.59 bits per heavy atom. The first kappa shape index (κ1) is 22.0. The molecule has 160 valence electrons. The second-order valence-electron chi connectivity index (χ2n) is 9.74. The van der Waals surface area contributed by atoms with Crippen LogP contribution in [0.2, 0.25) is 25.7 Å². The molecular formula is C23H35NO4Si. The fourth-order valence-electron chi connectivity index (χ4n) is 3.94. The quantitative estimate of drug-likeness (QED) is 0.408. The third-order valence-corrected chi connectivity index (χ3v) is 7.72. The van der Waals surface area contributed by atoms with E-state index in [1.165, 1.54) is 24.2 Å². The van der Waals surface area contributed by atoms with Crippen LogP contribution in [-0.2, 0) is 20.7 Å². The van der Waals surface area contributed by atoms with Crippen LogP contribution in [0.1, 0.15) is 31.2 Å². The molecule has 2 aliphatic rings. The topological polar surface area (TPSA) is 55.8 Å². The van der Waals surface area contributed by atoms with Gasteiger partial charge in [0, 0.05) is 14.7 Å². The Balaban J connectivity index is 1.64. The van der Waals surface area contributed by atoms with Gasteiger partial charge in [-0.2, -0.15) is 0 Å². The van der Waals surface area contributed by atoms with Crippen molar-refractivity contribution in [3.8, 4) is 0 Å². The molecule has 1 heterocycles. The number of carbonyl (C=O) groups is 2. The Labute approximate surface area is 175 Å². The summed E-state index contributed by atoms with van der Waals surface area (Å²) < 4.78 is 11.2. The predicted molar refractivity (Wildman–Crippen MR) is 117 cm³/mol. The summed E-state index contributed by atoms with van der Waals surface area (Å²) in [4.78, 5) is 27.1. The second kappa shape index (κ2) is 9.89. The van der Waals surface area contributed by atoms with Gasteiger partial charge in [-0.25, -0.2) is 9.69 Å². The number of imide groups is 1. The largest absolute Gasteiger partial charge is 0.447 e. The van der Waals surface area contributed by atoms with Crippen molar-refractivity contribution in [2.45, 2.75) is 63.8 Å². The van der Waals surface area contributed by atoms with Gasteiger partial charge in [-0.05, 0) is 30.4 Å². The average molecular weight is 418 g/mol. The van der Waals surface area contributed by atoms with Gasteiger partial charge in [-0.1, -0.05) is 69.2 Å². The first-order valence-electron chi connectivity index (χ1n) is 10.9. The molecule has 0 unspecified atom stereocenters. The van der Waals surface area contributed by atoms with E-state index in [4.69, 9.17) is 9.47 Å². The van der Waals surface area contributed by atoms with Crippen molar-refractivity contribution in [1.82, 2.24) is 4.90 Å². The number of hydrogen-bond acceptors (Lipinski definition) is 4. The molecule has 1 aliphatic carbocycles. The molecule has 1 aromatic rings. The van der Waals surface area contributed by atoms with E-state index in [0.717, 1.165) is 18.0 Å². The fraction of sp³-hybridized carbons (Fsp3) is 0.652. The summed E-state index contributed by atoms with van der Waals surface area (Å²) in [5.41, 5.74) is 1.11. The summed E-state index contributed by atoms with van der Waals surface area (Å²) >= 11 is 0. The Kier molecular flexibility index (Phi) is 7.52. The molecule has 0 bridgehead atoms. The van der Waals surface area contributed by atoms with Crippen molar-refractivity contribution in [3.05, 3.63) is 35.9 Å². The third-order valence-electron chi connectivity index (χ3n) is 6.02. The summed E-state index contributed by atoms with van der Waals surface area (Å²) in [7, 11) is -1.17. The first-order valence-corrected chi connectivity index (χ1v) is 14.7. The number of amides is 2. The van der Waals surface area contributed by atoms with Crippen LogP contribution >= 0.6 is 0 Å². The molecule has 0 N–H and O–H groups in total. The van der Waals surface area contributed by atoms with Gasteiger partial charge >= 0.3 is 6.09 Å². The minimum atomic E-state index is -1.17. The van der Waals surface area contributed by atoms with Gasteiger partial charge in [0.25, 0.3) is 0 Å². The second-order valence-corrected chi connectivity index (χ2v) is 15.4. The highest BCUT2D eigenvalue weighted by Crippen LogP contribution is 2.34. The van der Waals surface area contributed by atoms with Crippen LogP contribution in [0.5, 0.6) is 0 Å². The van der Waals surface area contributed by atoms with Crippen LogP contribution in [0.15, 0.2) is 30.3 Å². The van der Waals surface area contributed by atoms with Crippen LogP contribution in [0.4, 0.5) is 4.79 Å². The van der Waals surface area contributed by atoms with Crippen LogP contribution in [0.3, 0.4) is 0 Å². The molecule has 2 amide bonds. The van der Waals surface area contributed by atoms with E-state index in [-0.39, 0.29) is 24.5 Å². The number of benzene rings is 1. The van der Waals surface area contributed by atoms with Gasteiger partial charge in [-0.3, -0.25) is 4.79 Å². The highest BCUT2D eigenvalue weighted by molar-refractivity contribution is 6.76. The van der Waals surface area contributed by atoms with Crippen molar-refractivity contribution in [2.24, 2.45) is 11.8 Å². The van der Waals surface area contributed by atoms with E-state index in [9.17, 15) is 9.59 Å². The summed E-state index contributed by atoms with van der Waals surface area (Å²) in [6.07, 6.45) is 4.53. The van der Waals surface area contributed by atoms with Gasteiger partial charge in [0.1, 0.15) is 6.61 Å². The van der Waals surface area contributed by atoms with Crippen LogP contribution < -0.4 is 0 Å². The molecule has 0 aromatic heterocycles. The number of nitrogens with zero attached hydrogens (tertiary/aromatic N) is 1. The maximum Gasteiger partial charge on any atom is 0.416 e. The Hall–Kier alpha value is -1.66. The molecule has 2 atom stereocenters. The molecule has 1 aliphatic heterocycles. The van der Waals surface area contributed by atoms with Crippen LogP contribution in [0.25, 0.3) is 0 Å². The smallest absolute Gasteiger partial charge is 0.416 e. The fourth-order valence-corrected chi connectivity index (χ4v) is 4.70. The number of ether oxygens (including phenoxy) is 2. The third kappa shape index (κ3) is 6.41. The zero-order chi connectivity index (χ0) is 20.9. The van der Waals surface area contributed by atoms with Gasteiger partial charge in [0.2, 0.25) is 5.91 Å². The molecular weight excluding hydrogens is 382 g/mol. The van der Waals surface area contributed by atoms with E-state index in [1.807, 2.05) is 30.3 Å². The average Bonchev–Trinajstić information content (AvgIpc) is 2.99. The van der Waals surface area contributed by atoms with Crippen molar-refractivity contribution in [1.29, 1.82) is 0 Å². The lowest BCUT2D eigenvalue weighted by Gasteiger charge is -2.31. The summed E-state index contributed by atoms with van der Waals surface area (Å²) in [6, 6.07) is 10.8. The Morgan fingerprint density at radius 1 is 1.24 bits per heavy atom. The SMILES string of the molecule is C[Si](C)(C)CCOC[C@H](CC1CCC1)C(=O)N1C(=O)OC[C@H]1Cc1ccccc1. The molecule has 6 heteroatoms. The van der Waals surface area contributed by atoms with Crippen LogP contribution in [0, 0.1) is 11.8 Å². The molecule has 2 fully saturated rings. The lowest BCUT2D eigenvalue weighted by molar-refractivity contribution is -0.136. The van der Waals surface area contributed by atoms with Crippen molar-refractivity contribution in [2.75, 3.05) is 19.8 Å². The zero-order valence-electron chi connectivity index (χ0n) is 18.1. The molecule has 5 nitrogen and oxygen atoms in total. The van der Waals surface area contributed by atoms with E-state index < -0.39 is 14.2 Å². The molecule has 29 heavy (non-hydrogen) atoms. The first-order chi connectivity index (χ1) is 13.8. The Morgan fingerprint density at radius 2 is 1.97 bits per heavy atom. The van der Waals surface area contributed by atoms with Crippen LogP contribution in [-0.4, -0.2) is 50.8 Å². The molecule has 3 rings (SSSR count). The van der Waals surface area contributed by atoms with Gasteiger partial charge in [0.15, 0.2) is 0 Å². The van der Waals surface area contributed by atoms with E-state index in [2.05, 4.69) is 19.6 Å². The number of hydrogen-bond donors (Lipinski definition) is 0. The highest BCUT2D eigenvalue weighted by atomic mass is 28.3. The van der Waals surface area contributed by atoms with Crippen molar-refractivity contribution < 1.29 is 19.1 Å². The molecule has 1 saturated carbocycles. The standard InChI is InChI=1S/C23H35NO4Si/c1-29(2,3)13-12-27-16-20(14-18-10-7-11-18)22(25)24-21(17-28-23(24)26)15-19-8-5-4-6-9-19/h4-6,8-9,18,20-21H,7,10-17H2,1-3H3/t20-,21+/m0/s1.